The van der Waals surface area contributed by atoms with Gasteiger partial charge in [-0.25, -0.2) is 0 Å². The Labute approximate surface area is 94.6 Å². The maximum absolute atomic E-state index is 11.1. The van der Waals surface area contributed by atoms with Crippen LogP contribution in [0.15, 0.2) is 6.20 Å². The Balaban J connectivity index is 2.08. The molecule has 0 unspecified atom stereocenters. The molecule has 1 atom stereocenters. The number of carbonyl (C=O) groups is 1. The summed E-state index contributed by atoms with van der Waals surface area (Å²) in [5.74, 6) is -0.204. The van der Waals surface area contributed by atoms with E-state index in [-0.39, 0.29) is 12.0 Å². The molecule has 0 bridgehead atoms. The summed E-state index contributed by atoms with van der Waals surface area (Å²) < 4.78 is 6.49. The summed E-state index contributed by atoms with van der Waals surface area (Å²) in [7, 11) is 1.40. The topological polar surface area (TPSA) is 70.1 Å². The van der Waals surface area contributed by atoms with Gasteiger partial charge in [-0.15, -0.1) is 0 Å². The first-order chi connectivity index (χ1) is 7.72. The smallest absolute Gasteiger partial charge is 0.307 e. The number of methoxy groups -OCH3 is 1. The number of carbonyl (C=O) groups excluding carboxylic acids is 1. The second-order valence-corrected chi connectivity index (χ2v) is 4.09. The highest BCUT2D eigenvalue weighted by Crippen LogP contribution is 2.27. The zero-order valence-corrected chi connectivity index (χ0v) is 9.48. The SMILES string of the molecule is COC(=O)CCn1ncc2c1CCC[C@H]2N. The van der Waals surface area contributed by atoms with Crippen LogP contribution in [0.3, 0.4) is 0 Å². The van der Waals surface area contributed by atoms with Crippen LogP contribution in [-0.4, -0.2) is 22.9 Å². The molecule has 1 heterocycles. The molecule has 16 heavy (non-hydrogen) atoms. The molecule has 1 aliphatic carbocycles. The molecule has 88 valence electrons. The van der Waals surface area contributed by atoms with E-state index in [1.807, 2.05) is 10.9 Å². The van der Waals surface area contributed by atoms with Crippen LogP contribution < -0.4 is 5.73 Å². The number of aryl methyl sites for hydroxylation is 1. The molecule has 0 spiro atoms. The van der Waals surface area contributed by atoms with Gasteiger partial charge in [0.15, 0.2) is 0 Å². The van der Waals surface area contributed by atoms with Crippen LogP contribution in [0.2, 0.25) is 0 Å². The Bertz CT molecular complexity index is 387. The van der Waals surface area contributed by atoms with Crippen molar-refractivity contribution < 1.29 is 9.53 Å². The number of nitrogens with two attached hydrogens (primary N) is 1. The van der Waals surface area contributed by atoms with E-state index < -0.39 is 0 Å². The minimum Gasteiger partial charge on any atom is -0.469 e. The zero-order chi connectivity index (χ0) is 11.5. The minimum atomic E-state index is -0.204. The number of rotatable bonds is 3. The Hall–Kier alpha value is -1.36. The summed E-state index contributed by atoms with van der Waals surface area (Å²) in [6.07, 6.45) is 5.31. The summed E-state index contributed by atoms with van der Waals surface area (Å²) in [4.78, 5) is 11.1. The van der Waals surface area contributed by atoms with E-state index in [9.17, 15) is 4.79 Å². The fraction of sp³-hybridized carbons (Fsp3) is 0.636. The second kappa shape index (κ2) is 4.65. The Kier molecular flexibility index (Phi) is 3.24. The van der Waals surface area contributed by atoms with Gasteiger partial charge in [0.05, 0.1) is 26.3 Å². The van der Waals surface area contributed by atoms with Crippen molar-refractivity contribution in [2.45, 2.75) is 38.3 Å². The van der Waals surface area contributed by atoms with Gasteiger partial charge in [0.1, 0.15) is 0 Å². The number of esters is 1. The molecular weight excluding hydrogens is 206 g/mol. The van der Waals surface area contributed by atoms with Crippen LogP contribution in [0.5, 0.6) is 0 Å². The first kappa shape index (κ1) is 11.1. The molecule has 5 nitrogen and oxygen atoms in total. The van der Waals surface area contributed by atoms with Crippen LogP contribution in [0.25, 0.3) is 0 Å². The van der Waals surface area contributed by atoms with E-state index in [1.54, 1.807) is 0 Å². The predicted molar refractivity (Wildman–Crippen MR) is 58.7 cm³/mol. The highest BCUT2D eigenvalue weighted by molar-refractivity contribution is 5.68. The molecule has 0 saturated carbocycles. The van der Waals surface area contributed by atoms with Crippen LogP contribution in [0, 0.1) is 0 Å². The summed E-state index contributed by atoms with van der Waals surface area (Å²) in [5, 5.41) is 4.28. The van der Waals surface area contributed by atoms with Gasteiger partial charge in [0, 0.05) is 17.3 Å². The average Bonchev–Trinajstić information content (AvgIpc) is 2.70. The van der Waals surface area contributed by atoms with Gasteiger partial charge in [-0.1, -0.05) is 0 Å². The summed E-state index contributed by atoms with van der Waals surface area (Å²) in [5.41, 5.74) is 8.32. The van der Waals surface area contributed by atoms with E-state index >= 15 is 0 Å². The molecule has 1 aliphatic rings. The van der Waals surface area contributed by atoms with Crippen molar-refractivity contribution in [1.29, 1.82) is 0 Å². The summed E-state index contributed by atoms with van der Waals surface area (Å²) in [6.45, 7) is 0.578. The lowest BCUT2D eigenvalue weighted by Gasteiger charge is -2.19. The van der Waals surface area contributed by atoms with Crippen molar-refractivity contribution >= 4 is 5.97 Å². The van der Waals surface area contributed by atoms with E-state index in [1.165, 1.54) is 12.8 Å². The van der Waals surface area contributed by atoms with Crippen LogP contribution in [0.4, 0.5) is 0 Å². The molecule has 1 aromatic rings. The average molecular weight is 223 g/mol. The second-order valence-electron chi connectivity index (χ2n) is 4.09. The molecule has 0 saturated heterocycles. The number of nitrogens with zero attached hydrogens (tertiary/aromatic N) is 2. The fourth-order valence-corrected chi connectivity index (χ4v) is 2.15. The van der Waals surface area contributed by atoms with Gasteiger partial charge in [-0.3, -0.25) is 9.48 Å². The minimum absolute atomic E-state index is 0.107. The van der Waals surface area contributed by atoms with Crippen molar-refractivity contribution in [2.75, 3.05) is 7.11 Å². The van der Waals surface area contributed by atoms with Crippen molar-refractivity contribution in [3.8, 4) is 0 Å². The molecular formula is C11H17N3O2. The lowest BCUT2D eigenvalue weighted by molar-refractivity contribution is -0.140. The van der Waals surface area contributed by atoms with Gasteiger partial charge < -0.3 is 10.5 Å². The fourth-order valence-electron chi connectivity index (χ4n) is 2.15. The van der Waals surface area contributed by atoms with Crippen LogP contribution >= 0.6 is 0 Å². The molecule has 5 heteroatoms. The summed E-state index contributed by atoms with van der Waals surface area (Å²) >= 11 is 0. The van der Waals surface area contributed by atoms with Gasteiger partial charge >= 0.3 is 5.97 Å². The molecule has 2 N–H and O–H groups in total. The molecule has 0 amide bonds. The summed E-state index contributed by atoms with van der Waals surface area (Å²) in [6, 6.07) is 0.107. The molecule has 1 aromatic heterocycles. The molecule has 0 aromatic carbocycles. The normalized spacial score (nSPS) is 19.2. The zero-order valence-electron chi connectivity index (χ0n) is 9.48. The maximum atomic E-state index is 11.1. The van der Waals surface area contributed by atoms with Crippen LogP contribution in [-0.2, 0) is 22.5 Å². The first-order valence-electron chi connectivity index (χ1n) is 5.59. The molecule has 0 fully saturated rings. The van der Waals surface area contributed by atoms with Crippen LogP contribution in [0.1, 0.15) is 36.6 Å². The Morgan fingerprint density at radius 3 is 3.31 bits per heavy atom. The van der Waals surface area contributed by atoms with Gasteiger partial charge in [0.2, 0.25) is 0 Å². The van der Waals surface area contributed by atoms with E-state index in [4.69, 9.17) is 5.73 Å². The monoisotopic (exact) mass is 223 g/mol. The third-order valence-corrected chi connectivity index (χ3v) is 3.06. The molecule has 2 rings (SSSR count). The maximum Gasteiger partial charge on any atom is 0.307 e. The predicted octanol–water partition coefficient (Wildman–Crippen LogP) is 0.782. The number of ether oxygens (including phenoxy) is 1. The van der Waals surface area contributed by atoms with Gasteiger partial charge in [-0.05, 0) is 19.3 Å². The lowest BCUT2D eigenvalue weighted by atomic mass is 9.94. The lowest BCUT2D eigenvalue weighted by Crippen LogP contribution is -2.19. The molecule has 0 aliphatic heterocycles. The number of aromatic nitrogens is 2. The third-order valence-electron chi connectivity index (χ3n) is 3.06. The van der Waals surface area contributed by atoms with Gasteiger partial charge in [-0.2, -0.15) is 5.10 Å². The number of hydrogen-bond donors (Lipinski definition) is 1. The van der Waals surface area contributed by atoms with Crippen molar-refractivity contribution in [3.63, 3.8) is 0 Å². The highest BCUT2D eigenvalue weighted by Gasteiger charge is 2.21. The Morgan fingerprint density at radius 2 is 2.56 bits per heavy atom. The largest absolute Gasteiger partial charge is 0.469 e. The number of fused-ring (bicyclic) bond motifs is 1. The standard InChI is InChI=1S/C11H17N3O2/c1-16-11(15)5-6-14-10-4-2-3-9(12)8(10)7-13-14/h7,9H,2-6,12H2,1H3/t9-/m1/s1. The van der Waals surface area contributed by atoms with E-state index in [0.717, 1.165) is 24.8 Å². The van der Waals surface area contributed by atoms with Crippen molar-refractivity contribution in [2.24, 2.45) is 5.73 Å². The number of hydrogen-bond acceptors (Lipinski definition) is 4. The van der Waals surface area contributed by atoms with Gasteiger partial charge in [0.25, 0.3) is 0 Å². The van der Waals surface area contributed by atoms with Crippen molar-refractivity contribution in [3.05, 3.63) is 17.5 Å². The highest BCUT2D eigenvalue weighted by atomic mass is 16.5. The quantitative estimate of drug-likeness (QED) is 0.769. The molecule has 0 radical (unpaired) electrons. The Morgan fingerprint density at radius 1 is 1.75 bits per heavy atom. The first-order valence-corrected chi connectivity index (χ1v) is 5.59. The van der Waals surface area contributed by atoms with Crippen molar-refractivity contribution in [1.82, 2.24) is 9.78 Å². The van der Waals surface area contributed by atoms with E-state index in [2.05, 4.69) is 9.84 Å². The van der Waals surface area contributed by atoms with E-state index in [0.29, 0.717) is 13.0 Å². The third kappa shape index (κ3) is 2.09.